The zero-order chi connectivity index (χ0) is 16.4. The molecule has 0 N–H and O–H groups in total. The average molecular weight is 357 g/mol. The second-order valence-electron chi connectivity index (χ2n) is 6.27. The fraction of sp³-hybridized carbons (Fsp3) is 0.562. The van der Waals surface area contributed by atoms with Crippen LogP contribution in [0.4, 0.5) is 5.69 Å². The van der Waals surface area contributed by atoms with Crippen LogP contribution in [0, 0.1) is 0 Å². The molecule has 1 atom stereocenters. The number of piperidine rings is 1. The lowest BCUT2D eigenvalue weighted by molar-refractivity contribution is -0.117. The molecule has 1 amide bonds. The van der Waals surface area contributed by atoms with Gasteiger partial charge in [0.15, 0.2) is 0 Å². The number of nitrogens with zero attached hydrogens (tertiary/aromatic N) is 2. The van der Waals surface area contributed by atoms with E-state index >= 15 is 0 Å². The first-order valence-corrected chi connectivity index (χ1v) is 10.4. The third-order valence-electron chi connectivity index (χ3n) is 4.61. The highest BCUT2D eigenvalue weighted by atomic mass is 35.7. The minimum absolute atomic E-state index is 0.0378. The average Bonchev–Trinajstić information content (AvgIpc) is 2.91. The summed E-state index contributed by atoms with van der Waals surface area (Å²) in [6, 6.07) is 7.74. The van der Waals surface area contributed by atoms with Crippen LogP contribution in [-0.4, -0.2) is 44.1 Å². The topological polar surface area (TPSA) is 57.7 Å². The molecule has 23 heavy (non-hydrogen) atoms. The molecule has 3 rings (SSSR count). The second kappa shape index (κ2) is 6.79. The van der Waals surface area contributed by atoms with Crippen molar-refractivity contribution >= 4 is 31.3 Å². The molecule has 2 aliphatic heterocycles. The van der Waals surface area contributed by atoms with Crippen molar-refractivity contribution in [1.29, 1.82) is 0 Å². The van der Waals surface area contributed by atoms with Gasteiger partial charge in [-0.1, -0.05) is 24.6 Å². The molecule has 2 saturated heterocycles. The summed E-state index contributed by atoms with van der Waals surface area (Å²) >= 11 is 0. The van der Waals surface area contributed by atoms with E-state index in [4.69, 9.17) is 10.7 Å². The van der Waals surface area contributed by atoms with E-state index in [1.54, 1.807) is 4.90 Å². The molecule has 0 aromatic heterocycles. The molecule has 7 heteroatoms. The molecule has 2 fully saturated rings. The number of carbonyl (C=O) groups is 1. The van der Waals surface area contributed by atoms with Crippen molar-refractivity contribution in [2.75, 3.05) is 24.5 Å². The normalized spacial score (nSPS) is 23.4. The largest absolute Gasteiger partial charge is 0.311 e. The number of para-hydroxylation sites is 1. The van der Waals surface area contributed by atoms with E-state index in [0.717, 1.165) is 30.9 Å². The lowest BCUT2D eigenvalue weighted by atomic mass is 10.1. The third-order valence-corrected chi connectivity index (χ3v) is 6.48. The van der Waals surface area contributed by atoms with Crippen LogP contribution in [-0.2, 0) is 20.4 Å². The van der Waals surface area contributed by atoms with Crippen molar-refractivity contribution < 1.29 is 13.2 Å². The molecular weight excluding hydrogens is 336 g/mol. The van der Waals surface area contributed by atoms with Gasteiger partial charge in [-0.05, 0) is 37.6 Å². The Morgan fingerprint density at radius 3 is 2.48 bits per heavy atom. The van der Waals surface area contributed by atoms with Gasteiger partial charge in [-0.25, -0.2) is 8.42 Å². The Hall–Kier alpha value is -1.11. The van der Waals surface area contributed by atoms with Gasteiger partial charge >= 0.3 is 0 Å². The van der Waals surface area contributed by atoms with Crippen LogP contribution in [0.25, 0.3) is 0 Å². The van der Waals surface area contributed by atoms with E-state index in [0.29, 0.717) is 0 Å². The van der Waals surface area contributed by atoms with Crippen LogP contribution in [0.1, 0.15) is 31.2 Å². The molecule has 0 aliphatic carbocycles. The van der Waals surface area contributed by atoms with Gasteiger partial charge in [0, 0.05) is 35.9 Å². The summed E-state index contributed by atoms with van der Waals surface area (Å²) in [5, 5.41) is -0.820. The number of halogens is 1. The van der Waals surface area contributed by atoms with E-state index in [1.807, 2.05) is 24.3 Å². The monoisotopic (exact) mass is 356 g/mol. The highest BCUT2D eigenvalue weighted by Crippen LogP contribution is 2.30. The van der Waals surface area contributed by atoms with Crippen LogP contribution in [0.2, 0.25) is 0 Å². The number of amides is 1. The van der Waals surface area contributed by atoms with Crippen LogP contribution >= 0.6 is 10.7 Å². The van der Waals surface area contributed by atoms with Crippen LogP contribution < -0.4 is 4.90 Å². The summed E-state index contributed by atoms with van der Waals surface area (Å²) in [6.45, 7) is 3.07. The maximum Gasteiger partial charge on any atom is 0.237 e. The maximum absolute atomic E-state index is 12.3. The molecule has 0 radical (unpaired) electrons. The summed E-state index contributed by atoms with van der Waals surface area (Å²) in [5.74, 6) is -0.176. The molecule has 2 aliphatic rings. The molecule has 0 saturated carbocycles. The lowest BCUT2D eigenvalue weighted by Crippen LogP contribution is -2.31. The summed E-state index contributed by atoms with van der Waals surface area (Å²) in [5.41, 5.74) is 1.88. The van der Waals surface area contributed by atoms with E-state index in [2.05, 4.69) is 4.90 Å². The smallest absolute Gasteiger partial charge is 0.237 e. The molecule has 1 aromatic rings. The summed E-state index contributed by atoms with van der Waals surface area (Å²) in [7, 11) is 1.72. The van der Waals surface area contributed by atoms with Gasteiger partial charge in [0.05, 0.1) is 0 Å². The zero-order valence-electron chi connectivity index (χ0n) is 12.9. The van der Waals surface area contributed by atoms with Crippen molar-refractivity contribution in [2.24, 2.45) is 0 Å². The van der Waals surface area contributed by atoms with Gasteiger partial charge in [-0.15, -0.1) is 0 Å². The third kappa shape index (κ3) is 3.87. The van der Waals surface area contributed by atoms with Gasteiger partial charge < -0.3 is 4.90 Å². The molecule has 5 nitrogen and oxygen atoms in total. The van der Waals surface area contributed by atoms with Crippen molar-refractivity contribution in [3.05, 3.63) is 29.8 Å². The lowest BCUT2D eigenvalue weighted by Gasteiger charge is -2.28. The molecular formula is C16H21ClN2O3S. The first kappa shape index (κ1) is 16.7. The summed E-state index contributed by atoms with van der Waals surface area (Å²) in [4.78, 5) is 16.2. The predicted octanol–water partition coefficient (Wildman–Crippen LogP) is 2.35. The molecule has 2 heterocycles. The quantitative estimate of drug-likeness (QED) is 0.777. The van der Waals surface area contributed by atoms with Crippen molar-refractivity contribution in [1.82, 2.24) is 4.90 Å². The molecule has 1 unspecified atom stereocenters. The van der Waals surface area contributed by atoms with Crippen LogP contribution in [0.5, 0.6) is 0 Å². The Bertz CT molecular complexity index is 686. The van der Waals surface area contributed by atoms with Crippen molar-refractivity contribution in [3.63, 3.8) is 0 Å². The number of hydrogen-bond acceptors (Lipinski definition) is 4. The van der Waals surface area contributed by atoms with Crippen LogP contribution in [0.15, 0.2) is 24.3 Å². The fourth-order valence-corrected chi connectivity index (χ4v) is 4.39. The van der Waals surface area contributed by atoms with E-state index in [1.165, 1.54) is 19.3 Å². The number of anilines is 1. The Morgan fingerprint density at radius 2 is 1.83 bits per heavy atom. The number of rotatable bonds is 4. The minimum atomic E-state index is -3.72. The van der Waals surface area contributed by atoms with E-state index < -0.39 is 14.3 Å². The summed E-state index contributed by atoms with van der Waals surface area (Å²) < 4.78 is 23.1. The maximum atomic E-state index is 12.3. The van der Waals surface area contributed by atoms with E-state index in [-0.39, 0.29) is 18.9 Å². The molecule has 0 spiro atoms. The number of likely N-dealkylation sites (tertiary alicyclic amines) is 1. The first-order valence-electron chi connectivity index (χ1n) is 7.99. The molecule has 1 aromatic carbocycles. The summed E-state index contributed by atoms with van der Waals surface area (Å²) in [6.07, 6.45) is 3.65. The number of benzene rings is 1. The van der Waals surface area contributed by atoms with Crippen LogP contribution in [0.3, 0.4) is 0 Å². The SMILES string of the molecule is O=C1CC(S(=O)(=O)Cl)CN1c1ccccc1CN1CCCCC1. The van der Waals surface area contributed by atoms with Gasteiger partial charge in [0.25, 0.3) is 0 Å². The van der Waals surface area contributed by atoms with Crippen molar-refractivity contribution in [2.45, 2.75) is 37.5 Å². The number of carbonyl (C=O) groups excluding carboxylic acids is 1. The molecule has 0 bridgehead atoms. The minimum Gasteiger partial charge on any atom is -0.311 e. The molecule has 126 valence electrons. The Morgan fingerprint density at radius 1 is 1.13 bits per heavy atom. The standard InChI is InChI=1S/C16H21ClN2O3S/c17-23(21,22)14-10-16(20)19(12-14)15-7-3-2-6-13(15)11-18-8-4-1-5-9-18/h2-3,6-7,14H,1,4-5,8-12H2. The predicted molar refractivity (Wildman–Crippen MR) is 91.1 cm³/mol. The van der Waals surface area contributed by atoms with E-state index in [9.17, 15) is 13.2 Å². The van der Waals surface area contributed by atoms with Gasteiger partial charge in [0.1, 0.15) is 5.25 Å². The van der Waals surface area contributed by atoms with Gasteiger partial charge in [0.2, 0.25) is 15.0 Å². The van der Waals surface area contributed by atoms with Gasteiger partial charge in [-0.3, -0.25) is 9.69 Å². The Kier molecular flexibility index (Phi) is 4.94. The number of hydrogen-bond donors (Lipinski definition) is 0. The zero-order valence-corrected chi connectivity index (χ0v) is 14.5. The van der Waals surface area contributed by atoms with Gasteiger partial charge in [-0.2, -0.15) is 0 Å². The highest BCUT2D eigenvalue weighted by molar-refractivity contribution is 8.14. The second-order valence-corrected chi connectivity index (χ2v) is 9.18. The highest BCUT2D eigenvalue weighted by Gasteiger charge is 2.38. The fourth-order valence-electron chi connectivity index (χ4n) is 3.36. The van der Waals surface area contributed by atoms with Crippen molar-refractivity contribution in [3.8, 4) is 0 Å². The Balaban J connectivity index is 1.81. The Labute approximate surface area is 141 Å². The first-order chi connectivity index (χ1) is 10.9.